The van der Waals surface area contributed by atoms with Crippen LogP contribution in [-0.2, 0) is 60.8 Å². The first-order valence-electron chi connectivity index (χ1n) is 13.9. The number of carbonyl (C=O) groups is 2. The van der Waals surface area contributed by atoms with Gasteiger partial charge in [0, 0.05) is 32.4 Å². The van der Waals surface area contributed by atoms with Crippen LogP contribution in [0.25, 0.3) is 0 Å². The second kappa shape index (κ2) is 21.0. The summed E-state index contributed by atoms with van der Waals surface area (Å²) in [6.45, 7) is -1.27. The zero-order valence-corrected chi connectivity index (χ0v) is 26.6. The van der Waals surface area contributed by atoms with Crippen molar-refractivity contribution in [2.45, 2.75) is 25.2 Å². The molecule has 264 valence electrons. The summed E-state index contributed by atoms with van der Waals surface area (Å²) in [5.41, 5.74) is -3.16. The lowest BCUT2D eigenvalue weighted by atomic mass is 9.96. The summed E-state index contributed by atoms with van der Waals surface area (Å²) in [6.07, 6.45) is -2.27. The highest BCUT2D eigenvalue weighted by atomic mass is 31.2. The van der Waals surface area contributed by atoms with Gasteiger partial charge in [0.25, 0.3) is 5.56 Å². The van der Waals surface area contributed by atoms with Crippen molar-refractivity contribution in [1.82, 2.24) is 9.55 Å². The molecular weight excluding hydrogens is 650 g/mol. The number of phosphoric ester groups is 1. The van der Waals surface area contributed by atoms with Crippen molar-refractivity contribution >= 4 is 20.1 Å². The molecule has 0 radical (unpaired) electrons. The largest absolute Gasteiger partial charge is 0.510 e. The summed E-state index contributed by atoms with van der Waals surface area (Å²) in [6, 6.07) is 1.10. The minimum atomic E-state index is -4.76. The number of ether oxygens (including phenoxy) is 9. The lowest BCUT2D eigenvalue weighted by Crippen LogP contribution is -2.38. The van der Waals surface area contributed by atoms with Crippen molar-refractivity contribution in [3.8, 4) is 0 Å². The molecular formula is C25H40FN2O17P. The van der Waals surface area contributed by atoms with Gasteiger partial charge >= 0.3 is 25.8 Å². The lowest BCUT2D eigenvalue weighted by molar-refractivity contribution is -0.117. The lowest BCUT2D eigenvalue weighted by Gasteiger charge is -2.28. The Bertz CT molecular complexity index is 1180. The first kappa shape index (κ1) is 39.2. The molecule has 21 heteroatoms. The highest BCUT2D eigenvalue weighted by molar-refractivity contribution is 7.48. The molecule has 1 aliphatic rings. The Kier molecular flexibility index (Phi) is 17.9. The molecule has 0 unspecified atom stereocenters. The number of hydrogen-bond acceptors (Lipinski definition) is 17. The highest BCUT2D eigenvalue weighted by Gasteiger charge is 2.48. The van der Waals surface area contributed by atoms with E-state index in [1.165, 1.54) is 20.4 Å². The third-order valence-electron chi connectivity index (χ3n) is 5.94. The van der Waals surface area contributed by atoms with E-state index in [9.17, 15) is 28.1 Å². The fraction of sp³-hybridized carbons (Fsp3) is 0.760. The molecule has 1 aliphatic heterocycles. The molecule has 3 atom stereocenters. The van der Waals surface area contributed by atoms with Crippen molar-refractivity contribution < 1.29 is 74.7 Å². The van der Waals surface area contributed by atoms with Gasteiger partial charge in [0.05, 0.1) is 46.2 Å². The Labute approximate surface area is 262 Å². The highest BCUT2D eigenvalue weighted by Crippen LogP contribution is 2.52. The number of carbonyl (C=O) groups excluding carboxylic acids is 2. The number of nitrogens with one attached hydrogen (secondary N) is 1. The molecule has 19 nitrogen and oxygen atoms in total. The van der Waals surface area contributed by atoms with E-state index in [2.05, 4.69) is 4.98 Å². The van der Waals surface area contributed by atoms with Crippen LogP contribution in [0.3, 0.4) is 0 Å². The van der Waals surface area contributed by atoms with Gasteiger partial charge in [0.1, 0.15) is 31.7 Å². The van der Waals surface area contributed by atoms with Crippen LogP contribution in [0.1, 0.15) is 19.6 Å². The van der Waals surface area contributed by atoms with Gasteiger partial charge in [-0.2, -0.15) is 0 Å². The van der Waals surface area contributed by atoms with Crippen LogP contribution in [-0.4, -0.2) is 121 Å². The number of H-pyrrole nitrogens is 1. The van der Waals surface area contributed by atoms with Gasteiger partial charge in [-0.25, -0.2) is 32.4 Å². The number of halogens is 1. The molecule has 0 bridgehead atoms. The molecule has 2 rings (SSSR count). The summed E-state index contributed by atoms with van der Waals surface area (Å²) in [7, 11) is -1.77. The normalized spacial score (nSPS) is 19.6. The van der Waals surface area contributed by atoms with Crippen molar-refractivity contribution in [2.24, 2.45) is 5.92 Å². The minimum Gasteiger partial charge on any atom is -0.432 e. The van der Waals surface area contributed by atoms with E-state index in [-0.39, 0.29) is 46.1 Å². The van der Waals surface area contributed by atoms with E-state index < -0.39 is 76.0 Å². The fourth-order valence-electron chi connectivity index (χ4n) is 3.81. The molecule has 1 saturated heterocycles. The predicted molar refractivity (Wildman–Crippen MR) is 150 cm³/mol. The van der Waals surface area contributed by atoms with Gasteiger partial charge in [-0.1, -0.05) is 6.92 Å². The standard InChI is InChI=1S/C25H40FN2O17P/c1-19-14-25(15-26,45-21(19)28-5-4-20(29)27-22(28)30)16-42-46(33,43-17-40-23(31)38-12-10-36-8-6-34-2)44-18-41-24(32)39-13-11-37-9-7-35-3/h4-5,19,21H,6-18H2,1-3H3,(H,27,29,30)/t19-,21+,25+/m0/s1. The van der Waals surface area contributed by atoms with Crippen LogP contribution >= 0.6 is 7.82 Å². The molecule has 0 aromatic carbocycles. The van der Waals surface area contributed by atoms with Crippen molar-refractivity contribution in [2.75, 3.05) is 93.9 Å². The van der Waals surface area contributed by atoms with E-state index in [4.69, 9.17) is 56.2 Å². The predicted octanol–water partition coefficient (Wildman–Crippen LogP) is 1.51. The molecule has 1 aromatic heterocycles. The Morgan fingerprint density at radius 1 is 0.913 bits per heavy atom. The van der Waals surface area contributed by atoms with Crippen molar-refractivity contribution in [3.05, 3.63) is 33.1 Å². The number of rotatable bonds is 23. The third kappa shape index (κ3) is 14.2. The van der Waals surface area contributed by atoms with E-state index in [1.54, 1.807) is 6.92 Å². The first-order valence-corrected chi connectivity index (χ1v) is 15.3. The van der Waals surface area contributed by atoms with Crippen LogP contribution in [0.4, 0.5) is 14.0 Å². The molecule has 2 heterocycles. The Morgan fingerprint density at radius 3 is 1.96 bits per heavy atom. The smallest absolute Gasteiger partial charge is 0.432 e. The van der Waals surface area contributed by atoms with Crippen LogP contribution in [0.15, 0.2) is 21.9 Å². The molecule has 0 spiro atoms. The first-order chi connectivity index (χ1) is 22.1. The molecule has 1 aromatic rings. The average Bonchev–Trinajstić information content (AvgIpc) is 3.36. The summed E-state index contributed by atoms with van der Waals surface area (Å²) in [4.78, 5) is 49.5. The van der Waals surface area contributed by atoms with Gasteiger partial charge in [-0.3, -0.25) is 18.9 Å². The Morgan fingerprint density at radius 2 is 1.46 bits per heavy atom. The van der Waals surface area contributed by atoms with Gasteiger partial charge in [0.2, 0.25) is 13.6 Å². The van der Waals surface area contributed by atoms with Gasteiger partial charge in [-0.05, 0) is 6.42 Å². The maximum Gasteiger partial charge on any atom is 0.510 e. The second-order valence-corrected chi connectivity index (χ2v) is 11.1. The quantitative estimate of drug-likeness (QED) is 0.0745. The fourth-order valence-corrected chi connectivity index (χ4v) is 4.79. The van der Waals surface area contributed by atoms with E-state index in [0.29, 0.717) is 13.2 Å². The molecule has 0 saturated carbocycles. The maximum absolute atomic E-state index is 14.4. The molecule has 0 aliphatic carbocycles. The zero-order chi connectivity index (χ0) is 33.8. The third-order valence-corrected chi connectivity index (χ3v) is 7.23. The second-order valence-electron chi connectivity index (χ2n) is 9.43. The number of aromatic amines is 1. The van der Waals surface area contributed by atoms with Crippen LogP contribution < -0.4 is 11.2 Å². The number of nitrogens with zero attached hydrogens (tertiary/aromatic N) is 1. The average molecular weight is 691 g/mol. The summed E-state index contributed by atoms with van der Waals surface area (Å²) < 4.78 is 88.8. The minimum absolute atomic E-state index is 0.0235. The van der Waals surface area contributed by atoms with Crippen LogP contribution in [0.5, 0.6) is 0 Å². The summed E-state index contributed by atoms with van der Waals surface area (Å²) >= 11 is 0. The molecule has 1 N–H and O–H groups in total. The summed E-state index contributed by atoms with van der Waals surface area (Å²) in [5, 5.41) is 0. The van der Waals surface area contributed by atoms with Crippen LogP contribution in [0.2, 0.25) is 0 Å². The Hall–Kier alpha value is -2.94. The molecule has 1 fully saturated rings. The van der Waals surface area contributed by atoms with Gasteiger partial charge in [-0.15, -0.1) is 0 Å². The van der Waals surface area contributed by atoms with Gasteiger partial charge < -0.3 is 42.6 Å². The van der Waals surface area contributed by atoms with E-state index in [0.717, 1.165) is 10.6 Å². The van der Waals surface area contributed by atoms with Gasteiger partial charge in [0.15, 0.2) is 0 Å². The monoisotopic (exact) mass is 690 g/mol. The van der Waals surface area contributed by atoms with E-state index in [1.807, 2.05) is 0 Å². The number of alkyl halides is 1. The number of phosphoric acid groups is 1. The molecule has 46 heavy (non-hydrogen) atoms. The number of methoxy groups -OCH3 is 2. The Balaban J connectivity index is 1.97. The SMILES string of the molecule is COCCOCCOC(=O)OCOP(=O)(OCOC(=O)OCCOCCOC)OC[C@]1(CF)C[C@H](C)[C@H](n2ccc(=O)[nH]c2=O)O1. The number of aromatic nitrogens is 2. The van der Waals surface area contributed by atoms with Crippen molar-refractivity contribution in [1.29, 1.82) is 0 Å². The maximum atomic E-state index is 14.4. The number of hydrogen-bond donors (Lipinski definition) is 1. The zero-order valence-electron chi connectivity index (χ0n) is 25.7. The topological polar surface area (TPSA) is 217 Å². The summed E-state index contributed by atoms with van der Waals surface area (Å²) in [5.74, 6) is -0.475. The molecule has 0 amide bonds. The van der Waals surface area contributed by atoms with E-state index >= 15 is 0 Å². The van der Waals surface area contributed by atoms with Crippen LogP contribution in [0, 0.1) is 5.92 Å². The van der Waals surface area contributed by atoms with Crippen molar-refractivity contribution in [3.63, 3.8) is 0 Å².